The Morgan fingerprint density at radius 1 is 1.07 bits per heavy atom. The molecule has 0 N–H and O–H groups in total. The van der Waals surface area contributed by atoms with E-state index in [0.717, 1.165) is 0 Å². The minimum absolute atomic E-state index is 1.17. The summed E-state index contributed by atoms with van der Waals surface area (Å²) in [4.78, 5) is 4.14. The maximum absolute atomic E-state index is 4.14. The van der Waals surface area contributed by atoms with Gasteiger partial charge in [-0.15, -0.1) is 0 Å². The fraction of sp³-hybridized carbons (Fsp3) is 0.250. The van der Waals surface area contributed by atoms with E-state index in [1.165, 1.54) is 22.5 Å². The van der Waals surface area contributed by atoms with Crippen LogP contribution in [-0.4, -0.2) is 9.55 Å². The lowest BCUT2D eigenvalue weighted by Gasteiger charge is -2.11. The average molecular weight is 186 g/mol. The van der Waals surface area contributed by atoms with Gasteiger partial charge < -0.3 is 4.57 Å². The molecule has 14 heavy (non-hydrogen) atoms. The van der Waals surface area contributed by atoms with Crippen LogP contribution in [0.15, 0.2) is 30.7 Å². The molecule has 0 radical (unpaired) electrons. The Hall–Kier alpha value is -1.57. The van der Waals surface area contributed by atoms with Crippen molar-refractivity contribution in [3.63, 3.8) is 0 Å². The van der Waals surface area contributed by atoms with Crippen LogP contribution >= 0.6 is 0 Å². The third-order valence-electron chi connectivity index (χ3n) is 2.50. The number of para-hydroxylation sites is 1. The lowest BCUT2D eigenvalue weighted by molar-refractivity contribution is 0.978. The minimum atomic E-state index is 1.17. The van der Waals surface area contributed by atoms with Crippen LogP contribution in [-0.2, 0) is 0 Å². The van der Waals surface area contributed by atoms with Crippen molar-refractivity contribution in [3.8, 4) is 5.69 Å². The number of imidazole rings is 1. The van der Waals surface area contributed by atoms with Gasteiger partial charge in [-0.2, -0.15) is 0 Å². The molecule has 72 valence electrons. The van der Waals surface area contributed by atoms with Gasteiger partial charge in [0.1, 0.15) is 0 Å². The van der Waals surface area contributed by atoms with Crippen LogP contribution in [0.3, 0.4) is 0 Å². The zero-order valence-corrected chi connectivity index (χ0v) is 8.78. The van der Waals surface area contributed by atoms with Gasteiger partial charge in [0, 0.05) is 11.9 Å². The van der Waals surface area contributed by atoms with Gasteiger partial charge in [0.15, 0.2) is 0 Å². The standard InChI is InChI=1S/C12H14N2/c1-9-5-4-6-10(2)12(9)14-8-13-7-11(14)3/h4-8H,1-3H3. The number of aryl methyl sites for hydroxylation is 3. The van der Waals surface area contributed by atoms with Crippen molar-refractivity contribution in [1.82, 2.24) is 9.55 Å². The van der Waals surface area contributed by atoms with Crippen molar-refractivity contribution < 1.29 is 0 Å². The highest BCUT2D eigenvalue weighted by molar-refractivity contribution is 5.47. The SMILES string of the molecule is Cc1cccc(C)c1-n1cncc1C. The van der Waals surface area contributed by atoms with Crippen molar-refractivity contribution >= 4 is 0 Å². The fourth-order valence-corrected chi connectivity index (χ4v) is 1.78. The summed E-state index contributed by atoms with van der Waals surface area (Å²) in [7, 11) is 0. The van der Waals surface area contributed by atoms with E-state index in [1.54, 1.807) is 0 Å². The topological polar surface area (TPSA) is 17.8 Å². The summed E-state index contributed by atoms with van der Waals surface area (Å²) in [6, 6.07) is 6.34. The fourth-order valence-electron chi connectivity index (χ4n) is 1.78. The molecule has 0 amide bonds. The van der Waals surface area contributed by atoms with Crippen LogP contribution in [0.1, 0.15) is 16.8 Å². The lowest BCUT2D eigenvalue weighted by atomic mass is 10.1. The first kappa shape index (κ1) is 9.00. The Labute approximate surface area is 84.2 Å². The molecule has 1 heterocycles. The van der Waals surface area contributed by atoms with Crippen molar-refractivity contribution in [2.75, 3.05) is 0 Å². The van der Waals surface area contributed by atoms with Gasteiger partial charge in [-0.05, 0) is 31.9 Å². The normalized spacial score (nSPS) is 10.5. The van der Waals surface area contributed by atoms with Crippen LogP contribution in [0.5, 0.6) is 0 Å². The smallest absolute Gasteiger partial charge is 0.0994 e. The molecule has 0 aliphatic rings. The molecule has 2 nitrogen and oxygen atoms in total. The molecule has 1 aromatic heterocycles. The Balaban J connectivity index is 2.68. The quantitative estimate of drug-likeness (QED) is 0.669. The van der Waals surface area contributed by atoms with Gasteiger partial charge in [0.25, 0.3) is 0 Å². The summed E-state index contributed by atoms with van der Waals surface area (Å²) >= 11 is 0. The lowest BCUT2D eigenvalue weighted by Crippen LogP contribution is -2.00. The number of hydrogen-bond acceptors (Lipinski definition) is 1. The summed E-state index contributed by atoms with van der Waals surface area (Å²) in [5, 5.41) is 0. The van der Waals surface area contributed by atoms with E-state index in [9.17, 15) is 0 Å². The number of nitrogens with zero attached hydrogens (tertiary/aromatic N) is 2. The average Bonchev–Trinajstić information content (AvgIpc) is 2.52. The van der Waals surface area contributed by atoms with E-state index in [0.29, 0.717) is 0 Å². The van der Waals surface area contributed by atoms with Crippen LogP contribution in [0.25, 0.3) is 5.69 Å². The van der Waals surface area contributed by atoms with Crippen molar-refractivity contribution in [3.05, 3.63) is 47.5 Å². The maximum atomic E-state index is 4.14. The van der Waals surface area contributed by atoms with Gasteiger partial charge in [-0.25, -0.2) is 4.98 Å². The molecule has 0 bridgehead atoms. The highest BCUT2D eigenvalue weighted by Crippen LogP contribution is 2.19. The van der Waals surface area contributed by atoms with Gasteiger partial charge in [-0.3, -0.25) is 0 Å². The second-order valence-corrected chi connectivity index (χ2v) is 3.65. The molecule has 2 heteroatoms. The maximum Gasteiger partial charge on any atom is 0.0994 e. The van der Waals surface area contributed by atoms with Crippen LogP contribution in [0.4, 0.5) is 0 Å². The Morgan fingerprint density at radius 3 is 2.21 bits per heavy atom. The highest BCUT2D eigenvalue weighted by atomic mass is 15.0. The van der Waals surface area contributed by atoms with E-state index in [-0.39, 0.29) is 0 Å². The van der Waals surface area contributed by atoms with Gasteiger partial charge in [-0.1, -0.05) is 18.2 Å². The first-order valence-corrected chi connectivity index (χ1v) is 4.75. The zero-order chi connectivity index (χ0) is 10.1. The summed E-state index contributed by atoms with van der Waals surface area (Å²) < 4.78 is 2.13. The van der Waals surface area contributed by atoms with E-state index in [4.69, 9.17) is 0 Å². The predicted octanol–water partition coefficient (Wildman–Crippen LogP) is 2.80. The Kier molecular flexibility index (Phi) is 2.12. The zero-order valence-electron chi connectivity index (χ0n) is 8.78. The Bertz CT molecular complexity index is 435. The first-order valence-electron chi connectivity index (χ1n) is 4.75. The molecular weight excluding hydrogens is 172 g/mol. The molecule has 0 aliphatic carbocycles. The summed E-state index contributed by atoms with van der Waals surface area (Å²) in [5.41, 5.74) is 4.99. The number of aromatic nitrogens is 2. The third kappa shape index (κ3) is 1.33. The molecular formula is C12H14N2. The highest BCUT2D eigenvalue weighted by Gasteiger charge is 2.05. The number of benzene rings is 1. The summed E-state index contributed by atoms with van der Waals surface area (Å²) in [6.07, 6.45) is 3.75. The third-order valence-corrected chi connectivity index (χ3v) is 2.50. The van der Waals surface area contributed by atoms with Crippen molar-refractivity contribution in [1.29, 1.82) is 0 Å². The van der Waals surface area contributed by atoms with Crippen LogP contribution < -0.4 is 0 Å². The molecule has 0 saturated heterocycles. The molecule has 0 unspecified atom stereocenters. The van der Waals surface area contributed by atoms with Crippen molar-refractivity contribution in [2.24, 2.45) is 0 Å². The minimum Gasteiger partial charge on any atom is -0.303 e. The van der Waals surface area contributed by atoms with E-state index < -0.39 is 0 Å². The number of hydrogen-bond donors (Lipinski definition) is 0. The van der Waals surface area contributed by atoms with Crippen molar-refractivity contribution in [2.45, 2.75) is 20.8 Å². The summed E-state index contributed by atoms with van der Waals surface area (Å²) in [6.45, 7) is 6.32. The van der Waals surface area contributed by atoms with Gasteiger partial charge in [0.2, 0.25) is 0 Å². The van der Waals surface area contributed by atoms with Crippen LogP contribution in [0, 0.1) is 20.8 Å². The molecule has 1 aromatic carbocycles. The molecule has 0 spiro atoms. The monoisotopic (exact) mass is 186 g/mol. The van der Waals surface area contributed by atoms with Crippen LogP contribution in [0.2, 0.25) is 0 Å². The molecule has 0 aliphatic heterocycles. The molecule has 0 atom stereocenters. The number of rotatable bonds is 1. The largest absolute Gasteiger partial charge is 0.303 e. The first-order chi connectivity index (χ1) is 6.70. The molecule has 0 saturated carbocycles. The van der Waals surface area contributed by atoms with Gasteiger partial charge in [0.05, 0.1) is 12.0 Å². The molecule has 2 rings (SSSR count). The molecule has 2 aromatic rings. The van der Waals surface area contributed by atoms with Gasteiger partial charge >= 0.3 is 0 Å². The predicted molar refractivity (Wildman–Crippen MR) is 57.8 cm³/mol. The second-order valence-electron chi connectivity index (χ2n) is 3.65. The van der Waals surface area contributed by atoms with E-state index in [2.05, 4.69) is 48.5 Å². The van der Waals surface area contributed by atoms with E-state index in [1.807, 2.05) is 12.5 Å². The second kappa shape index (κ2) is 3.29. The Morgan fingerprint density at radius 2 is 1.71 bits per heavy atom. The van der Waals surface area contributed by atoms with E-state index >= 15 is 0 Å². The summed E-state index contributed by atoms with van der Waals surface area (Å²) in [5.74, 6) is 0. The molecule has 0 fully saturated rings.